The van der Waals surface area contributed by atoms with Crippen molar-refractivity contribution in [3.05, 3.63) is 0 Å². The number of ether oxygens (including phenoxy) is 2. The molecule has 0 radical (unpaired) electrons. The number of nitrogens with one attached hydrogen (secondary N) is 1. The van der Waals surface area contributed by atoms with Crippen LogP contribution in [0.2, 0.25) is 0 Å². The van der Waals surface area contributed by atoms with Crippen molar-refractivity contribution in [3.63, 3.8) is 0 Å². The standard InChI is InChI=1S/C8H14F3NO2/c9-8(10,11)2-3-12-5-7-1-4-13-6-14-7/h7,12H,1-6H2. The third kappa shape index (κ3) is 5.41. The average molecular weight is 213 g/mol. The van der Waals surface area contributed by atoms with Gasteiger partial charge in [-0.15, -0.1) is 0 Å². The number of halogens is 3. The molecular weight excluding hydrogens is 199 g/mol. The van der Waals surface area contributed by atoms with Crippen molar-refractivity contribution in [2.24, 2.45) is 0 Å². The molecule has 1 N–H and O–H groups in total. The van der Waals surface area contributed by atoms with Crippen LogP contribution < -0.4 is 5.32 Å². The zero-order valence-corrected chi connectivity index (χ0v) is 7.77. The van der Waals surface area contributed by atoms with Gasteiger partial charge in [0.25, 0.3) is 0 Å². The van der Waals surface area contributed by atoms with Gasteiger partial charge in [-0.05, 0) is 6.42 Å². The maximum Gasteiger partial charge on any atom is 0.390 e. The van der Waals surface area contributed by atoms with Gasteiger partial charge in [0.2, 0.25) is 0 Å². The van der Waals surface area contributed by atoms with Gasteiger partial charge in [0.05, 0.1) is 19.1 Å². The molecule has 1 aliphatic rings. The third-order valence-electron chi connectivity index (χ3n) is 1.93. The summed E-state index contributed by atoms with van der Waals surface area (Å²) >= 11 is 0. The molecule has 1 unspecified atom stereocenters. The van der Waals surface area contributed by atoms with Crippen LogP contribution in [0.25, 0.3) is 0 Å². The van der Waals surface area contributed by atoms with Gasteiger partial charge < -0.3 is 14.8 Å². The van der Waals surface area contributed by atoms with Crippen molar-refractivity contribution < 1.29 is 22.6 Å². The minimum Gasteiger partial charge on any atom is -0.355 e. The molecule has 14 heavy (non-hydrogen) atoms. The molecule has 1 fully saturated rings. The Morgan fingerprint density at radius 1 is 1.36 bits per heavy atom. The highest BCUT2D eigenvalue weighted by Crippen LogP contribution is 2.18. The van der Waals surface area contributed by atoms with E-state index in [1.807, 2.05) is 0 Å². The molecule has 0 aromatic carbocycles. The molecule has 84 valence electrons. The summed E-state index contributed by atoms with van der Waals surface area (Å²) in [6, 6.07) is 0. The van der Waals surface area contributed by atoms with E-state index in [1.54, 1.807) is 0 Å². The lowest BCUT2D eigenvalue weighted by Gasteiger charge is -2.23. The normalized spacial score (nSPS) is 23.8. The van der Waals surface area contributed by atoms with Crippen LogP contribution in [0.1, 0.15) is 12.8 Å². The van der Waals surface area contributed by atoms with Gasteiger partial charge in [0.1, 0.15) is 6.79 Å². The summed E-state index contributed by atoms with van der Waals surface area (Å²) in [4.78, 5) is 0. The molecule has 1 heterocycles. The van der Waals surface area contributed by atoms with Crippen molar-refractivity contribution >= 4 is 0 Å². The van der Waals surface area contributed by atoms with E-state index in [0.717, 1.165) is 6.42 Å². The molecule has 0 spiro atoms. The molecule has 1 aliphatic heterocycles. The van der Waals surface area contributed by atoms with E-state index in [-0.39, 0.29) is 19.4 Å². The number of rotatable bonds is 4. The Kier molecular flexibility index (Phi) is 4.64. The second-order valence-corrected chi connectivity index (χ2v) is 3.17. The van der Waals surface area contributed by atoms with Gasteiger partial charge in [0.15, 0.2) is 0 Å². The van der Waals surface area contributed by atoms with Crippen molar-refractivity contribution in [1.82, 2.24) is 5.32 Å². The molecule has 0 bridgehead atoms. The van der Waals surface area contributed by atoms with E-state index in [1.165, 1.54) is 0 Å². The van der Waals surface area contributed by atoms with E-state index < -0.39 is 12.6 Å². The Bertz CT molecular complexity index is 157. The fourth-order valence-corrected chi connectivity index (χ4v) is 1.16. The van der Waals surface area contributed by atoms with Gasteiger partial charge in [0, 0.05) is 13.1 Å². The molecule has 6 heteroatoms. The predicted molar refractivity (Wildman–Crippen MR) is 43.9 cm³/mol. The molecule has 0 aromatic heterocycles. The maximum atomic E-state index is 11.7. The Labute approximate surface area is 80.6 Å². The Morgan fingerprint density at radius 2 is 2.14 bits per heavy atom. The summed E-state index contributed by atoms with van der Waals surface area (Å²) in [5.74, 6) is 0. The lowest BCUT2D eigenvalue weighted by molar-refractivity contribution is -0.141. The Balaban J connectivity index is 1.97. The molecule has 3 nitrogen and oxygen atoms in total. The Morgan fingerprint density at radius 3 is 2.71 bits per heavy atom. The number of hydrogen-bond acceptors (Lipinski definition) is 3. The molecule has 0 saturated carbocycles. The summed E-state index contributed by atoms with van der Waals surface area (Å²) < 4.78 is 45.3. The summed E-state index contributed by atoms with van der Waals surface area (Å²) in [6.07, 6.45) is -4.16. The second kappa shape index (κ2) is 5.53. The van der Waals surface area contributed by atoms with Crippen LogP contribution in [0, 0.1) is 0 Å². The van der Waals surface area contributed by atoms with Crippen LogP contribution in [-0.4, -0.2) is 38.8 Å². The highest BCUT2D eigenvalue weighted by Gasteiger charge is 2.26. The van der Waals surface area contributed by atoms with Gasteiger partial charge in [-0.1, -0.05) is 0 Å². The molecule has 0 amide bonds. The first-order valence-electron chi connectivity index (χ1n) is 4.55. The fraction of sp³-hybridized carbons (Fsp3) is 1.00. The summed E-state index contributed by atoms with van der Waals surface area (Å²) in [7, 11) is 0. The highest BCUT2D eigenvalue weighted by atomic mass is 19.4. The van der Waals surface area contributed by atoms with Crippen LogP contribution in [-0.2, 0) is 9.47 Å². The topological polar surface area (TPSA) is 30.5 Å². The van der Waals surface area contributed by atoms with Crippen molar-refractivity contribution in [2.75, 3.05) is 26.5 Å². The predicted octanol–water partition coefficient (Wildman–Crippen LogP) is 1.29. The summed E-state index contributed by atoms with van der Waals surface area (Å²) in [5, 5.41) is 2.71. The molecule has 1 saturated heterocycles. The summed E-state index contributed by atoms with van der Waals surface area (Å²) in [6.45, 7) is 1.26. The number of hydrogen-bond donors (Lipinski definition) is 1. The van der Waals surface area contributed by atoms with Crippen LogP contribution in [0.4, 0.5) is 13.2 Å². The van der Waals surface area contributed by atoms with Crippen LogP contribution in [0.3, 0.4) is 0 Å². The molecule has 0 aliphatic carbocycles. The van der Waals surface area contributed by atoms with Crippen LogP contribution in [0.5, 0.6) is 0 Å². The van der Waals surface area contributed by atoms with E-state index >= 15 is 0 Å². The monoisotopic (exact) mass is 213 g/mol. The quantitative estimate of drug-likeness (QED) is 0.714. The summed E-state index contributed by atoms with van der Waals surface area (Å²) in [5.41, 5.74) is 0. The Hall–Kier alpha value is -0.330. The minimum absolute atomic E-state index is 0.0167. The average Bonchev–Trinajstić information content (AvgIpc) is 2.13. The minimum atomic E-state index is -4.08. The van der Waals surface area contributed by atoms with Gasteiger partial charge >= 0.3 is 6.18 Å². The van der Waals surface area contributed by atoms with Crippen molar-refractivity contribution in [3.8, 4) is 0 Å². The van der Waals surface area contributed by atoms with Crippen molar-refractivity contribution in [1.29, 1.82) is 0 Å². The lowest BCUT2D eigenvalue weighted by atomic mass is 10.2. The lowest BCUT2D eigenvalue weighted by Crippen LogP contribution is -2.35. The van der Waals surface area contributed by atoms with E-state index in [4.69, 9.17) is 9.47 Å². The first-order valence-corrected chi connectivity index (χ1v) is 4.55. The zero-order valence-electron chi connectivity index (χ0n) is 7.77. The van der Waals surface area contributed by atoms with E-state index in [9.17, 15) is 13.2 Å². The van der Waals surface area contributed by atoms with E-state index in [0.29, 0.717) is 13.2 Å². The van der Waals surface area contributed by atoms with Gasteiger partial charge in [-0.2, -0.15) is 13.2 Å². The molecular formula is C8H14F3NO2. The zero-order chi connectivity index (χ0) is 10.4. The highest BCUT2D eigenvalue weighted by molar-refractivity contribution is 4.64. The van der Waals surface area contributed by atoms with Gasteiger partial charge in [-0.3, -0.25) is 0 Å². The second-order valence-electron chi connectivity index (χ2n) is 3.17. The molecule has 1 atom stereocenters. The van der Waals surface area contributed by atoms with Gasteiger partial charge in [-0.25, -0.2) is 0 Å². The first-order chi connectivity index (χ1) is 6.58. The molecule has 0 aromatic rings. The van der Waals surface area contributed by atoms with Crippen molar-refractivity contribution in [2.45, 2.75) is 25.1 Å². The smallest absolute Gasteiger partial charge is 0.355 e. The largest absolute Gasteiger partial charge is 0.390 e. The van der Waals surface area contributed by atoms with Crippen LogP contribution >= 0.6 is 0 Å². The SMILES string of the molecule is FC(F)(F)CCNCC1CCOCO1. The van der Waals surface area contributed by atoms with Crippen LogP contribution in [0.15, 0.2) is 0 Å². The maximum absolute atomic E-state index is 11.7. The third-order valence-corrected chi connectivity index (χ3v) is 1.93. The molecule has 1 rings (SSSR count). The van der Waals surface area contributed by atoms with E-state index in [2.05, 4.69) is 5.32 Å². The first kappa shape index (κ1) is 11.7. The number of alkyl halides is 3. The fourth-order valence-electron chi connectivity index (χ4n) is 1.16.